The van der Waals surface area contributed by atoms with Crippen molar-refractivity contribution < 1.29 is 39.9 Å². The molecule has 1 aliphatic heterocycles. The number of ether oxygens (including phenoxy) is 1. The van der Waals surface area contributed by atoms with Crippen molar-refractivity contribution in [3.05, 3.63) is 22.4 Å². The van der Waals surface area contributed by atoms with Gasteiger partial charge in [-0.15, -0.1) is 5.10 Å². The summed E-state index contributed by atoms with van der Waals surface area (Å²) in [7, 11) is -4.43. The fourth-order valence-corrected chi connectivity index (χ4v) is 3.66. The van der Waals surface area contributed by atoms with Crippen LogP contribution < -0.4 is 10.2 Å². The molecule has 1 aliphatic rings. The minimum atomic E-state index is -5.05. The summed E-state index contributed by atoms with van der Waals surface area (Å²) in [5, 5.41) is 2.16. The molecule has 13 heteroatoms. The summed E-state index contributed by atoms with van der Waals surface area (Å²) in [4.78, 5) is 4.98. The molecule has 25 heavy (non-hydrogen) atoms. The zero-order chi connectivity index (χ0) is 19.2. The van der Waals surface area contributed by atoms with Gasteiger partial charge in [-0.2, -0.15) is 22.0 Å². The third kappa shape index (κ3) is 3.86. The Bertz CT molecular complexity index is 785. The van der Waals surface area contributed by atoms with Gasteiger partial charge in [-0.25, -0.2) is 8.42 Å². The van der Waals surface area contributed by atoms with E-state index in [0.29, 0.717) is 0 Å². The Balaban J connectivity index is 2.54. The highest BCUT2D eigenvalue weighted by atomic mass is 32.2. The van der Waals surface area contributed by atoms with Gasteiger partial charge in [0.2, 0.25) is 15.7 Å². The normalized spacial score (nSPS) is 18.8. The van der Waals surface area contributed by atoms with Crippen LogP contribution in [0, 0.1) is 0 Å². The lowest BCUT2D eigenvalue weighted by Crippen LogP contribution is -2.24. The van der Waals surface area contributed by atoms with Crippen LogP contribution in [0.4, 0.5) is 22.0 Å². The third-order valence-corrected chi connectivity index (χ3v) is 5.31. The fraction of sp³-hybridized carbons (Fsp3) is 0.583. The van der Waals surface area contributed by atoms with Gasteiger partial charge in [0.05, 0.1) is 10.8 Å². The highest BCUT2D eigenvalue weighted by molar-refractivity contribution is 7.95. The van der Waals surface area contributed by atoms with Gasteiger partial charge in [0.25, 0.3) is 0 Å². The first-order valence-electron chi connectivity index (χ1n) is 6.77. The third-order valence-electron chi connectivity index (χ3n) is 3.33. The minimum absolute atomic E-state index is 0.484. The highest BCUT2D eigenvalue weighted by Crippen LogP contribution is 2.42. The van der Waals surface area contributed by atoms with Gasteiger partial charge >= 0.3 is 12.8 Å². The molecule has 0 radical (unpaired) electrons. The number of aromatic amines is 1. The van der Waals surface area contributed by atoms with E-state index in [1.54, 1.807) is 0 Å². The van der Waals surface area contributed by atoms with Crippen molar-refractivity contribution in [2.24, 2.45) is 0 Å². The van der Waals surface area contributed by atoms with Gasteiger partial charge in [0.1, 0.15) is 11.3 Å². The topological polar surface area (TPSA) is 93.3 Å². The van der Waals surface area contributed by atoms with E-state index in [2.05, 4.69) is 15.3 Å². The maximum atomic E-state index is 13.1. The number of aromatic nitrogens is 2. The van der Waals surface area contributed by atoms with E-state index in [9.17, 15) is 30.4 Å². The monoisotopic (exact) mass is 391 g/mol. The Morgan fingerprint density at radius 1 is 1.32 bits per heavy atom. The van der Waals surface area contributed by atoms with Gasteiger partial charge in [-0.1, -0.05) is 0 Å². The second-order valence-electron chi connectivity index (χ2n) is 5.70. The number of sulfone groups is 1. The molecule has 0 saturated carbocycles. The van der Waals surface area contributed by atoms with Gasteiger partial charge in [0.15, 0.2) is 5.03 Å². The number of rotatable bonds is 5. The molecule has 0 saturated heterocycles. The van der Waals surface area contributed by atoms with E-state index >= 15 is 0 Å². The standard InChI is InChI=1S/C12H14F5N3O4S/c1-5(25(21,22)6-4-11(2,3)24-20-6)7-8(12(15,16)17)18-19-9(7)23-10(13)14/h4-5,10,20H,1-3H3,(H,18,19). The molecule has 1 atom stereocenters. The van der Waals surface area contributed by atoms with Crippen molar-refractivity contribution in [3.8, 4) is 5.88 Å². The van der Waals surface area contributed by atoms with Crippen LogP contribution in [0.25, 0.3) is 0 Å². The summed E-state index contributed by atoms with van der Waals surface area (Å²) in [5.41, 5.74) is -1.53. The van der Waals surface area contributed by atoms with Crippen LogP contribution in [0.3, 0.4) is 0 Å². The summed E-state index contributed by atoms with van der Waals surface area (Å²) in [5.74, 6) is -1.14. The van der Waals surface area contributed by atoms with E-state index in [1.165, 1.54) is 18.9 Å². The zero-order valence-electron chi connectivity index (χ0n) is 13.1. The SMILES string of the molecule is CC(c1c(OC(F)F)n[nH]c1C(F)(F)F)S(=O)(=O)C1=CC(C)(C)ON1. The molecule has 2 heterocycles. The number of nitrogens with zero attached hydrogens (tertiary/aromatic N) is 1. The number of hydrogen-bond acceptors (Lipinski definition) is 6. The van der Waals surface area contributed by atoms with Crippen LogP contribution >= 0.6 is 0 Å². The quantitative estimate of drug-likeness (QED) is 0.750. The fourth-order valence-electron chi connectivity index (χ4n) is 2.14. The van der Waals surface area contributed by atoms with E-state index in [1.807, 2.05) is 0 Å². The molecule has 2 rings (SSSR count). The smallest absolute Gasteiger partial charge is 0.415 e. The molecule has 0 spiro atoms. The first kappa shape index (κ1) is 19.4. The zero-order valence-corrected chi connectivity index (χ0v) is 13.9. The number of halogens is 5. The number of nitrogens with one attached hydrogen (secondary N) is 2. The number of H-pyrrole nitrogens is 1. The number of hydroxylamine groups is 1. The van der Waals surface area contributed by atoms with Crippen LogP contribution in [0.15, 0.2) is 11.1 Å². The van der Waals surface area contributed by atoms with Crippen molar-refractivity contribution in [3.63, 3.8) is 0 Å². The molecule has 2 N–H and O–H groups in total. The molecule has 0 bridgehead atoms. The first-order chi connectivity index (χ1) is 11.3. The van der Waals surface area contributed by atoms with E-state index < -0.39 is 55.6 Å². The average Bonchev–Trinajstić information content (AvgIpc) is 3.00. The van der Waals surface area contributed by atoms with Crippen LogP contribution in [0.2, 0.25) is 0 Å². The Morgan fingerprint density at radius 3 is 2.36 bits per heavy atom. The lowest BCUT2D eigenvalue weighted by molar-refractivity contribution is -0.141. The predicted octanol–water partition coefficient (Wildman–Crippen LogP) is 2.66. The largest absolute Gasteiger partial charge is 0.433 e. The Morgan fingerprint density at radius 2 is 1.92 bits per heavy atom. The molecule has 1 aromatic heterocycles. The molecule has 0 aliphatic carbocycles. The Hall–Kier alpha value is -1.89. The van der Waals surface area contributed by atoms with Crippen LogP contribution in [0.5, 0.6) is 5.88 Å². The van der Waals surface area contributed by atoms with Crippen molar-refractivity contribution in [1.82, 2.24) is 15.7 Å². The maximum absolute atomic E-state index is 13.1. The van der Waals surface area contributed by atoms with E-state index in [4.69, 9.17) is 4.84 Å². The molecular formula is C12H14F5N3O4S. The number of hydrogen-bond donors (Lipinski definition) is 2. The van der Waals surface area contributed by atoms with Crippen LogP contribution in [0.1, 0.15) is 37.3 Å². The van der Waals surface area contributed by atoms with Crippen LogP contribution in [-0.4, -0.2) is 30.8 Å². The maximum Gasteiger partial charge on any atom is 0.433 e. The first-order valence-corrected chi connectivity index (χ1v) is 8.31. The van der Waals surface area contributed by atoms with Crippen molar-refractivity contribution in [1.29, 1.82) is 0 Å². The van der Waals surface area contributed by atoms with Gasteiger partial charge in [0, 0.05) is 0 Å². The average molecular weight is 391 g/mol. The lowest BCUT2D eigenvalue weighted by Gasteiger charge is -2.16. The molecule has 7 nitrogen and oxygen atoms in total. The molecule has 142 valence electrons. The molecule has 0 amide bonds. The summed E-state index contributed by atoms with van der Waals surface area (Å²) in [6.45, 7) is 0.445. The predicted molar refractivity (Wildman–Crippen MR) is 73.9 cm³/mol. The Kier molecular flexibility index (Phi) is 4.76. The lowest BCUT2D eigenvalue weighted by atomic mass is 10.1. The van der Waals surface area contributed by atoms with Crippen molar-refractivity contribution >= 4 is 9.84 Å². The Labute approximate surface area is 139 Å². The molecule has 1 unspecified atom stereocenters. The summed E-state index contributed by atoms with van der Waals surface area (Å²) in [6.07, 6.45) is -3.90. The second kappa shape index (κ2) is 6.12. The second-order valence-corrected chi connectivity index (χ2v) is 7.93. The summed E-state index contributed by atoms with van der Waals surface area (Å²) < 4.78 is 93.2. The minimum Gasteiger partial charge on any atom is -0.415 e. The van der Waals surface area contributed by atoms with E-state index in [0.717, 1.165) is 13.0 Å². The van der Waals surface area contributed by atoms with Gasteiger partial charge < -0.3 is 4.74 Å². The summed E-state index contributed by atoms with van der Waals surface area (Å²) >= 11 is 0. The molecule has 0 aromatic carbocycles. The van der Waals surface area contributed by atoms with Gasteiger partial charge in [-0.05, 0) is 26.8 Å². The van der Waals surface area contributed by atoms with Crippen molar-refractivity contribution in [2.75, 3.05) is 0 Å². The van der Waals surface area contributed by atoms with Crippen LogP contribution in [-0.2, 0) is 20.9 Å². The molecule has 1 aromatic rings. The van der Waals surface area contributed by atoms with Gasteiger partial charge in [-0.3, -0.25) is 15.4 Å². The summed E-state index contributed by atoms with van der Waals surface area (Å²) in [6, 6.07) is 0. The number of alkyl halides is 5. The molecule has 0 fully saturated rings. The van der Waals surface area contributed by atoms with Crippen molar-refractivity contribution in [2.45, 2.75) is 44.4 Å². The molecular weight excluding hydrogens is 377 g/mol. The highest BCUT2D eigenvalue weighted by Gasteiger charge is 2.45. The van der Waals surface area contributed by atoms with E-state index in [-0.39, 0.29) is 0 Å².